The van der Waals surface area contributed by atoms with E-state index in [1.165, 1.54) is 12.1 Å². The molecule has 0 fully saturated rings. The first-order valence-corrected chi connectivity index (χ1v) is 5.21. The van der Waals surface area contributed by atoms with Gasteiger partial charge in [0.05, 0.1) is 18.2 Å². The fourth-order valence-electron chi connectivity index (χ4n) is 1.78. The van der Waals surface area contributed by atoms with E-state index in [1.54, 1.807) is 0 Å². The molecule has 18 heavy (non-hydrogen) atoms. The maximum Gasteiger partial charge on any atom is 0.173 e. The van der Waals surface area contributed by atoms with Crippen molar-refractivity contribution in [1.29, 1.82) is 0 Å². The Kier molecular flexibility index (Phi) is 2.52. The number of rotatable bonds is 2. The summed E-state index contributed by atoms with van der Waals surface area (Å²) < 4.78 is 27.9. The zero-order valence-corrected chi connectivity index (χ0v) is 9.04. The van der Waals surface area contributed by atoms with Crippen LogP contribution in [0.3, 0.4) is 0 Å². The Morgan fingerprint density at radius 2 is 2.11 bits per heavy atom. The van der Waals surface area contributed by atoms with Crippen LogP contribution in [0.5, 0.6) is 0 Å². The highest BCUT2D eigenvalue weighted by atomic mass is 19.2. The summed E-state index contributed by atoms with van der Waals surface area (Å²) in [6.07, 6.45) is 0. The second-order valence-electron chi connectivity index (χ2n) is 3.76. The Morgan fingerprint density at radius 1 is 1.22 bits per heavy atom. The van der Waals surface area contributed by atoms with Gasteiger partial charge in [0.25, 0.3) is 0 Å². The number of hydrazone groups is 1. The van der Waals surface area contributed by atoms with Crippen LogP contribution in [0.1, 0.15) is 17.2 Å². The van der Waals surface area contributed by atoms with Crippen molar-refractivity contribution in [3.63, 3.8) is 0 Å². The van der Waals surface area contributed by atoms with Crippen molar-refractivity contribution >= 4 is 5.84 Å². The summed E-state index contributed by atoms with van der Waals surface area (Å²) in [6.45, 7) is 0.290. The maximum absolute atomic E-state index is 13.9. The molecule has 0 amide bonds. The molecular weight excluding hydrogens is 244 g/mol. The van der Waals surface area contributed by atoms with Gasteiger partial charge in [-0.1, -0.05) is 11.3 Å². The van der Waals surface area contributed by atoms with Crippen LogP contribution in [0.4, 0.5) is 8.78 Å². The molecule has 2 aliphatic rings. The van der Waals surface area contributed by atoms with E-state index in [0.717, 1.165) is 0 Å². The molecule has 0 aromatic heterocycles. The number of amidine groups is 1. The van der Waals surface area contributed by atoms with Gasteiger partial charge < -0.3 is 0 Å². The number of hydrogen-bond donors (Lipinski definition) is 4. The molecule has 0 spiro atoms. The predicted molar refractivity (Wildman–Crippen MR) is 57.9 cm³/mol. The van der Waals surface area contributed by atoms with Gasteiger partial charge in [-0.3, -0.25) is 10.9 Å². The van der Waals surface area contributed by atoms with E-state index in [9.17, 15) is 8.78 Å². The molecule has 2 heterocycles. The van der Waals surface area contributed by atoms with Crippen LogP contribution in [0.2, 0.25) is 0 Å². The lowest BCUT2D eigenvalue weighted by Gasteiger charge is -2.12. The van der Waals surface area contributed by atoms with E-state index < -0.39 is 17.7 Å². The zero-order valence-electron chi connectivity index (χ0n) is 9.04. The van der Waals surface area contributed by atoms with Gasteiger partial charge in [0.1, 0.15) is 0 Å². The minimum Gasteiger partial charge on any atom is -0.285 e. The fraction of sp³-hybridized carbons (Fsp3) is 0.222. The highest BCUT2D eigenvalue weighted by Crippen LogP contribution is 2.24. The summed E-state index contributed by atoms with van der Waals surface area (Å²) in [5.74, 6) is -1.70. The molecule has 1 unspecified atom stereocenters. The number of nitrogens with one attached hydrogen (secondary N) is 4. The van der Waals surface area contributed by atoms with Gasteiger partial charge in [-0.25, -0.2) is 14.3 Å². The highest BCUT2D eigenvalue weighted by molar-refractivity contribution is 5.99. The molecule has 94 valence electrons. The molecular formula is C9H9F2N7. The van der Waals surface area contributed by atoms with E-state index in [-0.39, 0.29) is 23.5 Å². The first-order chi connectivity index (χ1) is 8.77. The lowest BCUT2D eigenvalue weighted by molar-refractivity contribution is 0.480. The zero-order chi connectivity index (χ0) is 12.5. The summed E-state index contributed by atoms with van der Waals surface area (Å²) >= 11 is 0. The summed E-state index contributed by atoms with van der Waals surface area (Å²) in [5.41, 5.74) is 10.2. The Bertz CT molecular complexity index is 534. The normalized spacial score (nSPS) is 21.2. The lowest BCUT2D eigenvalue weighted by Crippen LogP contribution is -2.35. The SMILES string of the molecule is Fc1c(C2=NNNN2)ccc(C2CN=NN2)c1F. The van der Waals surface area contributed by atoms with Crippen molar-refractivity contribution in [3.05, 3.63) is 34.9 Å². The van der Waals surface area contributed by atoms with Crippen LogP contribution in [0.25, 0.3) is 0 Å². The van der Waals surface area contributed by atoms with E-state index in [0.29, 0.717) is 0 Å². The molecule has 0 bridgehead atoms. The Balaban J connectivity index is 1.97. The van der Waals surface area contributed by atoms with Gasteiger partial charge in [0, 0.05) is 5.56 Å². The first-order valence-electron chi connectivity index (χ1n) is 5.21. The lowest BCUT2D eigenvalue weighted by atomic mass is 10.0. The minimum absolute atomic E-state index is 0.0422. The molecule has 9 heteroatoms. The second-order valence-corrected chi connectivity index (χ2v) is 3.76. The predicted octanol–water partition coefficient (Wildman–Crippen LogP) is 0.250. The van der Waals surface area contributed by atoms with E-state index in [4.69, 9.17) is 0 Å². The van der Waals surface area contributed by atoms with Gasteiger partial charge in [-0.2, -0.15) is 5.11 Å². The largest absolute Gasteiger partial charge is 0.285 e. The van der Waals surface area contributed by atoms with Gasteiger partial charge in [-0.15, -0.1) is 10.6 Å². The molecule has 0 saturated carbocycles. The number of halogens is 2. The van der Waals surface area contributed by atoms with Gasteiger partial charge in [0.15, 0.2) is 17.5 Å². The summed E-state index contributed by atoms with van der Waals surface area (Å²) in [4.78, 5) is 0. The molecule has 7 nitrogen and oxygen atoms in total. The third kappa shape index (κ3) is 1.64. The smallest absolute Gasteiger partial charge is 0.173 e. The fourth-order valence-corrected chi connectivity index (χ4v) is 1.78. The van der Waals surface area contributed by atoms with Gasteiger partial charge >= 0.3 is 0 Å². The molecule has 0 aliphatic carbocycles. The van der Waals surface area contributed by atoms with Crippen LogP contribution >= 0.6 is 0 Å². The van der Waals surface area contributed by atoms with E-state index in [2.05, 4.69) is 37.4 Å². The Labute approximate surface area is 100 Å². The molecule has 1 atom stereocenters. The number of nitrogens with zero attached hydrogens (tertiary/aromatic N) is 3. The van der Waals surface area contributed by atoms with Crippen molar-refractivity contribution in [1.82, 2.24) is 21.9 Å². The third-order valence-electron chi connectivity index (χ3n) is 2.70. The Hall–Kier alpha value is -2.29. The first kappa shape index (κ1) is 10.8. The second kappa shape index (κ2) is 4.18. The molecule has 1 aromatic carbocycles. The summed E-state index contributed by atoms with van der Waals surface area (Å²) in [7, 11) is 0. The van der Waals surface area contributed by atoms with E-state index in [1.807, 2.05) is 0 Å². The van der Waals surface area contributed by atoms with Crippen molar-refractivity contribution < 1.29 is 8.78 Å². The summed E-state index contributed by atoms with van der Waals surface area (Å²) in [5, 5.41) is 10.9. The quantitative estimate of drug-likeness (QED) is 0.608. The number of benzene rings is 1. The van der Waals surface area contributed by atoms with Crippen molar-refractivity contribution in [2.45, 2.75) is 6.04 Å². The van der Waals surface area contributed by atoms with Crippen LogP contribution in [0.15, 0.2) is 27.6 Å². The van der Waals surface area contributed by atoms with Crippen molar-refractivity contribution in [2.24, 2.45) is 15.4 Å². The third-order valence-corrected chi connectivity index (χ3v) is 2.70. The standard InChI is InChI=1S/C9H9F2N7/c10-7-4(6-3-12-16-13-6)1-2-5(8(7)11)9-14-17-18-15-9/h1-2,6,17-18H,3H2,(H,12,13)(H,14,15). The average Bonchev–Trinajstić information content (AvgIpc) is 3.03. The van der Waals surface area contributed by atoms with E-state index >= 15 is 0 Å². The van der Waals surface area contributed by atoms with Gasteiger partial charge in [-0.05, 0) is 6.07 Å². The average molecular weight is 253 g/mol. The molecule has 0 radical (unpaired) electrons. The molecule has 0 saturated heterocycles. The van der Waals surface area contributed by atoms with Crippen LogP contribution in [-0.4, -0.2) is 12.4 Å². The van der Waals surface area contributed by atoms with Crippen LogP contribution in [0, 0.1) is 11.6 Å². The minimum atomic E-state index is -0.960. The molecule has 1 aromatic rings. The van der Waals surface area contributed by atoms with Crippen molar-refractivity contribution in [2.75, 3.05) is 6.54 Å². The van der Waals surface area contributed by atoms with Crippen LogP contribution < -0.4 is 21.9 Å². The van der Waals surface area contributed by atoms with Gasteiger partial charge in [0.2, 0.25) is 0 Å². The van der Waals surface area contributed by atoms with Crippen LogP contribution in [-0.2, 0) is 0 Å². The monoisotopic (exact) mass is 253 g/mol. The highest BCUT2D eigenvalue weighted by Gasteiger charge is 2.24. The summed E-state index contributed by atoms with van der Waals surface area (Å²) in [6, 6.07) is 2.52. The number of hydrogen-bond acceptors (Lipinski definition) is 7. The molecule has 4 N–H and O–H groups in total. The Morgan fingerprint density at radius 3 is 2.78 bits per heavy atom. The molecule has 3 rings (SSSR count). The van der Waals surface area contributed by atoms with Crippen molar-refractivity contribution in [3.8, 4) is 0 Å². The molecule has 2 aliphatic heterocycles. The number of hydrazine groups is 2. The maximum atomic E-state index is 13.9. The topological polar surface area (TPSA) is 85.2 Å².